The fourth-order valence-corrected chi connectivity index (χ4v) is 6.27. The summed E-state index contributed by atoms with van der Waals surface area (Å²) >= 11 is 0. The first-order valence-corrected chi connectivity index (χ1v) is 16.0. The summed E-state index contributed by atoms with van der Waals surface area (Å²) in [5, 5.41) is 30.6. The van der Waals surface area contributed by atoms with Gasteiger partial charge in [0, 0.05) is 49.2 Å². The molecule has 2 aliphatic rings. The molecule has 6 rings (SSSR count). The van der Waals surface area contributed by atoms with Crippen molar-refractivity contribution < 1.29 is 24.1 Å². The lowest BCUT2D eigenvalue weighted by molar-refractivity contribution is -0.393. The molecule has 2 N–H and O–H groups in total. The smallest absolute Gasteiger partial charge is 0.292 e. The molecule has 244 valence electrons. The number of nitro benzene ring substituents is 2. The third-order valence-electron chi connectivity index (χ3n) is 8.72. The summed E-state index contributed by atoms with van der Waals surface area (Å²) in [7, 11) is 0. The Morgan fingerprint density at radius 2 is 1.04 bits per heavy atom. The molecule has 0 amide bonds. The predicted octanol–water partition coefficient (Wildman–Crippen LogP) is 8.15. The predicted molar refractivity (Wildman–Crippen MR) is 178 cm³/mol. The Kier molecular flexibility index (Phi) is 9.76. The number of nitrogens with one attached hydrogen (secondary N) is 2. The van der Waals surface area contributed by atoms with Gasteiger partial charge in [-0.3, -0.25) is 20.2 Å². The van der Waals surface area contributed by atoms with Crippen LogP contribution < -0.4 is 10.6 Å². The molecule has 0 bridgehead atoms. The van der Waals surface area contributed by atoms with E-state index in [1.807, 2.05) is 60.7 Å². The minimum absolute atomic E-state index is 0.0521. The largest absolute Gasteiger partial charge is 0.375 e. The van der Waals surface area contributed by atoms with Crippen molar-refractivity contribution in [1.82, 2.24) is 0 Å². The third-order valence-corrected chi connectivity index (χ3v) is 8.72. The quantitative estimate of drug-likeness (QED) is 0.116. The molecule has 2 unspecified atom stereocenters. The molecule has 0 radical (unpaired) electrons. The highest BCUT2D eigenvalue weighted by atomic mass is 16.8. The molecule has 4 aromatic carbocycles. The van der Waals surface area contributed by atoms with E-state index >= 15 is 0 Å². The highest BCUT2D eigenvalue weighted by molar-refractivity contribution is 5.64. The Balaban J connectivity index is 1.37. The van der Waals surface area contributed by atoms with Crippen LogP contribution in [0.25, 0.3) is 0 Å². The summed E-state index contributed by atoms with van der Waals surface area (Å²) < 4.78 is 20.1. The average molecular weight is 639 g/mol. The van der Waals surface area contributed by atoms with Gasteiger partial charge in [-0.15, -0.1) is 0 Å². The Morgan fingerprint density at radius 1 is 0.617 bits per heavy atom. The van der Waals surface area contributed by atoms with Gasteiger partial charge in [0.1, 0.15) is 11.4 Å². The van der Waals surface area contributed by atoms with E-state index in [4.69, 9.17) is 14.2 Å². The van der Waals surface area contributed by atoms with E-state index in [1.165, 1.54) is 12.1 Å². The van der Waals surface area contributed by atoms with Gasteiger partial charge < -0.3 is 24.8 Å². The highest BCUT2D eigenvalue weighted by Crippen LogP contribution is 2.49. The van der Waals surface area contributed by atoms with Crippen LogP contribution in [0, 0.1) is 20.2 Å². The zero-order valence-corrected chi connectivity index (χ0v) is 26.1. The van der Waals surface area contributed by atoms with Crippen molar-refractivity contribution in [2.75, 3.05) is 23.8 Å². The van der Waals surface area contributed by atoms with Crippen LogP contribution in [-0.2, 0) is 38.9 Å². The van der Waals surface area contributed by atoms with Crippen molar-refractivity contribution in [3.05, 3.63) is 140 Å². The van der Waals surface area contributed by atoms with E-state index in [2.05, 4.69) is 10.6 Å². The molecule has 2 atom stereocenters. The summed E-state index contributed by atoms with van der Waals surface area (Å²) in [4.78, 5) is 23.3. The number of ether oxygens (including phenoxy) is 3. The molecule has 2 saturated heterocycles. The maximum atomic E-state index is 12.0. The summed E-state index contributed by atoms with van der Waals surface area (Å²) in [6, 6.07) is 29.2. The number of benzene rings is 4. The molecule has 0 saturated carbocycles. The fourth-order valence-electron chi connectivity index (χ4n) is 6.27. The van der Waals surface area contributed by atoms with Crippen LogP contribution in [0.5, 0.6) is 0 Å². The fraction of sp³-hybridized carbons (Fsp3) is 0.333. The van der Waals surface area contributed by atoms with Crippen LogP contribution in [0.15, 0.2) is 97.1 Å². The number of hydrogen-bond donors (Lipinski definition) is 2. The summed E-state index contributed by atoms with van der Waals surface area (Å²) in [5.74, 6) is -2.54. The van der Waals surface area contributed by atoms with Gasteiger partial charge in [-0.25, -0.2) is 0 Å². The van der Waals surface area contributed by atoms with E-state index in [9.17, 15) is 20.2 Å². The van der Waals surface area contributed by atoms with Crippen molar-refractivity contribution in [3.63, 3.8) is 0 Å². The zero-order chi connectivity index (χ0) is 32.7. The number of nitro groups is 2. The molecule has 0 spiro atoms. The van der Waals surface area contributed by atoms with Gasteiger partial charge >= 0.3 is 0 Å². The number of rotatable bonds is 12. The number of nitrogens with zero attached hydrogens (tertiary/aromatic N) is 2. The maximum absolute atomic E-state index is 12.0. The summed E-state index contributed by atoms with van der Waals surface area (Å²) in [5.41, 5.74) is 3.85. The third kappa shape index (κ3) is 7.27. The molecule has 11 nitrogen and oxygen atoms in total. The van der Waals surface area contributed by atoms with Crippen LogP contribution in [0.3, 0.4) is 0 Å². The first kappa shape index (κ1) is 32.1. The maximum Gasteiger partial charge on any atom is 0.292 e. The first-order valence-electron chi connectivity index (χ1n) is 16.0. The minimum atomic E-state index is -1.27. The SMILES string of the molecule is O=[N+]([O-])c1ccc(C2(OC3(c4ccc([N+](=O)[O-])c(NCc5ccccc5)c4)CCCCO3)CCCCO2)cc1NCc1ccccc1. The second-order valence-electron chi connectivity index (χ2n) is 11.9. The van der Waals surface area contributed by atoms with Gasteiger partial charge in [0.25, 0.3) is 11.4 Å². The summed E-state index contributed by atoms with van der Waals surface area (Å²) in [6.45, 7) is 1.66. The van der Waals surface area contributed by atoms with Crippen molar-refractivity contribution in [2.24, 2.45) is 0 Å². The van der Waals surface area contributed by atoms with Crippen molar-refractivity contribution in [3.8, 4) is 0 Å². The first-order chi connectivity index (χ1) is 22.9. The van der Waals surface area contributed by atoms with Crippen LogP contribution in [0.1, 0.15) is 60.8 Å². The van der Waals surface area contributed by atoms with Crippen molar-refractivity contribution in [2.45, 2.75) is 63.2 Å². The van der Waals surface area contributed by atoms with Crippen LogP contribution in [0.4, 0.5) is 22.7 Å². The van der Waals surface area contributed by atoms with Crippen LogP contribution in [0.2, 0.25) is 0 Å². The lowest BCUT2D eigenvalue weighted by atomic mass is 9.92. The van der Waals surface area contributed by atoms with Crippen LogP contribution in [-0.4, -0.2) is 23.1 Å². The summed E-state index contributed by atoms with van der Waals surface area (Å²) in [6.07, 6.45) is 4.31. The van der Waals surface area contributed by atoms with Crippen LogP contribution >= 0.6 is 0 Å². The van der Waals surface area contributed by atoms with Gasteiger partial charge in [-0.2, -0.15) is 0 Å². The Morgan fingerprint density at radius 3 is 1.40 bits per heavy atom. The highest BCUT2D eigenvalue weighted by Gasteiger charge is 2.48. The zero-order valence-electron chi connectivity index (χ0n) is 26.1. The second kappa shape index (κ2) is 14.3. The minimum Gasteiger partial charge on any atom is -0.375 e. The normalized spacial score (nSPS) is 21.1. The van der Waals surface area contributed by atoms with Gasteiger partial charge in [0.15, 0.2) is 11.6 Å². The molecule has 2 heterocycles. The van der Waals surface area contributed by atoms with Crippen molar-refractivity contribution in [1.29, 1.82) is 0 Å². The number of hydrogen-bond acceptors (Lipinski definition) is 9. The topological polar surface area (TPSA) is 138 Å². The number of anilines is 2. The molecule has 4 aromatic rings. The van der Waals surface area contributed by atoms with E-state index < -0.39 is 21.4 Å². The monoisotopic (exact) mass is 638 g/mol. The lowest BCUT2D eigenvalue weighted by Gasteiger charge is -2.47. The van der Waals surface area contributed by atoms with Gasteiger partial charge in [-0.1, -0.05) is 60.7 Å². The standard InChI is InChI=1S/C36H38N4O7/c41-39(42)33-17-15-29(23-31(33)37-25-27-11-3-1-4-12-27)35(19-7-9-21-45-35)47-36(20-8-10-22-46-36)30-16-18-34(40(43)44)32(24-30)38-26-28-13-5-2-6-14-28/h1-6,11-18,23-24,37-38H,7-10,19-22,25-26H2. The van der Waals surface area contributed by atoms with Gasteiger partial charge in [0.2, 0.25) is 0 Å². The molecule has 11 heteroatoms. The van der Waals surface area contributed by atoms with Gasteiger partial charge in [-0.05, 0) is 61.1 Å². The molecule has 0 aliphatic carbocycles. The second-order valence-corrected chi connectivity index (χ2v) is 11.9. The average Bonchev–Trinajstić information content (AvgIpc) is 3.11. The van der Waals surface area contributed by atoms with E-state index in [1.54, 1.807) is 24.3 Å². The van der Waals surface area contributed by atoms with Crippen molar-refractivity contribution >= 4 is 22.7 Å². The molecule has 2 fully saturated rings. The Hall–Kier alpha value is -4.84. The molecule has 2 aliphatic heterocycles. The van der Waals surface area contributed by atoms with E-state index in [0.717, 1.165) is 36.8 Å². The lowest BCUT2D eigenvalue weighted by Crippen LogP contribution is -2.47. The molecule has 0 aromatic heterocycles. The van der Waals surface area contributed by atoms with E-state index in [0.29, 0.717) is 61.6 Å². The Bertz CT molecular complexity index is 1560. The van der Waals surface area contributed by atoms with Gasteiger partial charge in [0.05, 0.1) is 23.1 Å². The molecular weight excluding hydrogens is 600 g/mol. The molecule has 47 heavy (non-hydrogen) atoms. The van der Waals surface area contributed by atoms with E-state index in [-0.39, 0.29) is 11.4 Å². The molecular formula is C36H38N4O7. The Labute approximate surface area is 273 Å².